The van der Waals surface area contributed by atoms with Crippen LogP contribution in [-0.2, 0) is 0 Å². The summed E-state index contributed by atoms with van der Waals surface area (Å²) in [4.78, 5) is 30.3. The maximum atomic E-state index is 14.3. The second-order valence-electron chi connectivity index (χ2n) is 7.05. The first-order valence-corrected chi connectivity index (χ1v) is 10.5. The lowest BCUT2D eigenvalue weighted by Crippen LogP contribution is -2.26. The van der Waals surface area contributed by atoms with Crippen molar-refractivity contribution in [3.05, 3.63) is 63.9 Å². The van der Waals surface area contributed by atoms with E-state index < -0.39 is 17.6 Å². The molecule has 0 aliphatic carbocycles. The second-order valence-corrected chi connectivity index (χ2v) is 8.25. The third-order valence-corrected chi connectivity index (χ3v) is 5.74. The van der Waals surface area contributed by atoms with Crippen molar-refractivity contribution in [3.63, 3.8) is 0 Å². The van der Waals surface area contributed by atoms with Crippen LogP contribution in [0.2, 0.25) is 0 Å². The topological polar surface area (TPSA) is 104 Å². The Morgan fingerprint density at radius 1 is 1.28 bits per heavy atom. The molecule has 2 N–H and O–H groups in total. The highest BCUT2D eigenvalue weighted by atomic mass is 32.1. The molecule has 3 aromatic rings. The first-order chi connectivity index (χ1) is 15.2. The summed E-state index contributed by atoms with van der Waals surface area (Å²) in [5.41, 5.74) is 1.61. The van der Waals surface area contributed by atoms with E-state index in [1.54, 1.807) is 12.1 Å². The van der Waals surface area contributed by atoms with Gasteiger partial charge in [-0.25, -0.2) is 9.37 Å². The molecule has 164 valence electrons. The monoisotopic (exact) mass is 452 g/mol. The summed E-state index contributed by atoms with van der Waals surface area (Å²) < 4.78 is 20.3. The van der Waals surface area contributed by atoms with Gasteiger partial charge in [-0.3, -0.25) is 9.59 Å². The van der Waals surface area contributed by atoms with Gasteiger partial charge in [0.25, 0.3) is 11.8 Å². The van der Waals surface area contributed by atoms with Crippen molar-refractivity contribution in [2.24, 2.45) is 0 Å². The molecule has 0 radical (unpaired) electrons. The van der Waals surface area contributed by atoms with E-state index in [1.807, 2.05) is 13.0 Å². The number of ether oxygens (including phenoxy) is 1. The van der Waals surface area contributed by atoms with Gasteiger partial charge in [-0.15, -0.1) is 11.3 Å². The summed E-state index contributed by atoms with van der Waals surface area (Å²) in [6.07, 6.45) is 0.286. The molecule has 3 rings (SSSR count). The number of nitriles is 1. The van der Waals surface area contributed by atoms with Gasteiger partial charge in [0, 0.05) is 12.1 Å². The number of halogens is 1. The van der Waals surface area contributed by atoms with Crippen molar-refractivity contribution in [2.75, 3.05) is 19.0 Å². The Morgan fingerprint density at radius 2 is 2.03 bits per heavy atom. The lowest BCUT2D eigenvalue weighted by molar-refractivity contribution is 0.0955. The molecular weight excluding hydrogens is 431 g/mol. The van der Waals surface area contributed by atoms with Gasteiger partial charge in [0.1, 0.15) is 17.1 Å². The van der Waals surface area contributed by atoms with Gasteiger partial charge in [-0.1, -0.05) is 6.58 Å². The van der Waals surface area contributed by atoms with Crippen molar-refractivity contribution < 1.29 is 18.7 Å². The van der Waals surface area contributed by atoms with Crippen LogP contribution >= 0.6 is 11.3 Å². The number of nitrogens with one attached hydrogen (secondary N) is 2. The zero-order valence-corrected chi connectivity index (χ0v) is 18.7. The maximum absolute atomic E-state index is 14.3. The Kier molecular flexibility index (Phi) is 6.85. The molecule has 2 amide bonds. The number of thiazole rings is 1. The van der Waals surface area contributed by atoms with Crippen LogP contribution in [0.1, 0.15) is 37.7 Å². The first-order valence-electron chi connectivity index (χ1n) is 9.66. The number of nitrogens with zero attached hydrogens (tertiary/aromatic N) is 2. The molecule has 1 heterocycles. The summed E-state index contributed by atoms with van der Waals surface area (Å²) in [7, 11) is 1.45. The van der Waals surface area contributed by atoms with E-state index in [0.29, 0.717) is 21.5 Å². The standard InChI is InChI=1S/C23H21FN4O3S/c1-12(11-25)7-8-26-22(29)15-9-13(2)16(24)10-18(15)28-23(30)20-19(31-4)6-5-17-21(20)32-14(3)27-17/h5-6,9-10H,1,7-8H2,2-4H3,(H,26,29)(H,28,30). The third-order valence-electron chi connectivity index (χ3n) is 4.74. The fourth-order valence-corrected chi connectivity index (χ4v) is 4.06. The van der Waals surface area contributed by atoms with E-state index in [0.717, 1.165) is 11.1 Å². The molecular formula is C23H21FN4O3S. The smallest absolute Gasteiger partial charge is 0.260 e. The summed E-state index contributed by atoms with van der Waals surface area (Å²) in [6, 6.07) is 7.79. The molecule has 1 aromatic heterocycles. The molecule has 0 aliphatic rings. The number of rotatable bonds is 7. The number of amides is 2. The number of aromatic nitrogens is 1. The van der Waals surface area contributed by atoms with Crippen LogP contribution in [0.15, 0.2) is 36.4 Å². The van der Waals surface area contributed by atoms with Crippen molar-refractivity contribution in [1.29, 1.82) is 5.26 Å². The van der Waals surface area contributed by atoms with Crippen LogP contribution in [0, 0.1) is 31.0 Å². The Labute approximate surface area is 188 Å². The van der Waals surface area contributed by atoms with Crippen molar-refractivity contribution in [1.82, 2.24) is 10.3 Å². The Bertz CT molecular complexity index is 1280. The van der Waals surface area contributed by atoms with E-state index in [9.17, 15) is 14.0 Å². The SMILES string of the molecule is C=C(C#N)CCNC(=O)c1cc(C)c(F)cc1NC(=O)c1c(OC)ccc2nc(C)sc12. The summed E-state index contributed by atoms with van der Waals surface area (Å²) in [5, 5.41) is 14.9. The Morgan fingerprint density at radius 3 is 2.72 bits per heavy atom. The van der Waals surface area contributed by atoms with Crippen LogP contribution in [0.3, 0.4) is 0 Å². The average Bonchev–Trinajstić information content (AvgIpc) is 3.14. The van der Waals surface area contributed by atoms with Crippen molar-refractivity contribution >= 4 is 39.1 Å². The molecule has 7 nitrogen and oxygen atoms in total. The first kappa shape index (κ1) is 22.9. The number of methoxy groups -OCH3 is 1. The van der Waals surface area contributed by atoms with E-state index in [4.69, 9.17) is 10.00 Å². The molecule has 0 aliphatic heterocycles. The van der Waals surface area contributed by atoms with Gasteiger partial charge in [-0.05, 0) is 50.1 Å². The molecule has 0 saturated heterocycles. The molecule has 0 bridgehead atoms. The quantitative estimate of drug-likeness (QED) is 0.513. The van der Waals surface area contributed by atoms with E-state index in [-0.39, 0.29) is 35.3 Å². The highest BCUT2D eigenvalue weighted by molar-refractivity contribution is 7.19. The molecule has 0 fully saturated rings. The molecule has 32 heavy (non-hydrogen) atoms. The van der Waals surface area contributed by atoms with E-state index >= 15 is 0 Å². The number of aryl methyl sites for hydroxylation is 2. The average molecular weight is 453 g/mol. The zero-order valence-electron chi connectivity index (χ0n) is 17.8. The van der Waals surface area contributed by atoms with Gasteiger partial charge in [-0.2, -0.15) is 5.26 Å². The number of carbonyl (C=O) groups is 2. The van der Waals surface area contributed by atoms with Crippen LogP contribution < -0.4 is 15.4 Å². The van der Waals surface area contributed by atoms with Crippen LogP contribution in [0.5, 0.6) is 5.75 Å². The van der Waals surface area contributed by atoms with E-state index in [2.05, 4.69) is 22.2 Å². The maximum Gasteiger partial charge on any atom is 0.260 e. The van der Waals surface area contributed by atoms with E-state index in [1.165, 1.54) is 31.4 Å². The Balaban J connectivity index is 1.95. The van der Waals surface area contributed by atoms with Crippen molar-refractivity contribution in [2.45, 2.75) is 20.3 Å². The van der Waals surface area contributed by atoms with Gasteiger partial charge in [0.2, 0.25) is 0 Å². The lowest BCUT2D eigenvalue weighted by atomic mass is 10.1. The molecule has 0 saturated carbocycles. The normalized spacial score (nSPS) is 10.5. The fraction of sp³-hybridized carbons (Fsp3) is 0.217. The highest BCUT2D eigenvalue weighted by Gasteiger charge is 2.22. The number of anilines is 1. The van der Waals surface area contributed by atoms with Gasteiger partial charge in [0.05, 0.1) is 39.7 Å². The Hall–Kier alpha value is -3.77. The molecule has 0 unspecified atom stereocenters. The van der Waals surface area contributed by atoms with Gasteiger partial charge < -0.3 is 15.4 Å². The number of benzene rings is 2. The minimum atomic E-state index is -0.562. The van der Waals surface area contributed by atoms with Crippen LogP contribution in [-0.4, -0.2) is 30.5 Å². The minimum Gasteiger partial charge on any atom is -0.496 e. The van der Waals surface area contributed by atoms with Gasteiger partial charge in [0.15, 0.2) is 0 Å². The molecule has 9 heteroatoms. The highest BCUT2D eigenvalue weighted by Crippen LogP contribution is 2.33. The minimum absolute atomic E-state index is 0.0232. The molecule has 0 atom stereocenters. The summed E-state index contributed by atoms with van der Waals surface area (Å²) in [6.45, 7) is 7.11. The third kappa shape index (κ3) is 4.76. The number of fused-ring (bicyclic) bond motifs is 1. The predicted octanol–water partition coefficient (Wildman–Crippen LogP) is 4.51. The molecule has 2 aromatic carbocycles. The zero-order chi connectivity index (χ0) is 23.4. The van der Waals surface area contributed by atoms with Crippen LogP contribution in [0.25, 0.3) is 10.2 Å². The predicted molar refractivity (Wildman–Crippen MR) is 122 cm³/mol. The summed E-state index contributed by atoms with van der Waals surface area (Å²) in [5.74, 6) is -1.28. The largest absolute Gasteiger partial charge is 0.496 e. The second kappa shape index (κ2) is 9.58. The molecule has 0 spiro atoms. The lowest BCUT2D eigenvalue weighted by Gasteiger charge is -2.14. The van der Waals surface area contributed by atoms with Crippen LogP contribution in [0.4, 0.5) is 10.1 Å². The van der Waals surface area contributed by atoms with Crippen molar-refractivity contribution in [3.8, 4) is 11.8 Å². The number of hydrogen-bond acceptors (Lipinski definition) is 6. The van der Waals surface area contributed by atoms with Gasteiger partial charge >= 0.3 is 0 Å². The fourth-order valence-electron chi connectivity index (χ4n) is 3.11. The number of hydrogen-bond donors (Lipinski definition) is 2. The summed E-state index contributed by atoms with van der Waals surface area (Å²) >= 11 is 1.34. The number of carbonyl (C=O) groups excluding carboxylic acids is 2.